The van der Waals surface area contributed by atoms with Gasteiger partial charge in [-0.25, -0.2) is 17.9 Å². The van der Waals surface area contributed by atoms with Gasteiger partial charge in [-0.15, -0.1) is 0 Å². The van der Waals surface area contributed by atoms with E-state index in [1.54, 1.807) is 14.0 Å². The quantitative estimate of drug-likeness (QED) is 0.751. The van der Waals surface area contributed by atoms with E-state index in [2.05, 4.69) is 4.72 Å². The first-order chi connectivity index (χ1) is 10.7. The smallest absolute Gasteiger partial charge is 0.240 e. The van der Waals surface area contributed by atoms with Crippen molar-refractivity contribution >= 4 is 27.7 Å². The highest BCUT2D eigenvalue weighted by atomic mass is 32.2. The van der Waals surface area contributed by atoms with Gasteiger partial charge < -0.3 is 0 Å². The van der Waals surface area contributed by atoms with Crippen LogP contribution in [-0.4, -0.2) is 59.9 Å². The van der Waals surface area contributed by atoms with Gasteiger partial charge in [0.25, 0.3) is 0 Å². The maximum Gasteiger partial charge on any atom is 0.501 e. The van der Waals surface area contributed by atoms with Crippen molar-refractivity contribution in [1.82, 2.24) is 9.62 Å². The Morgan fingerprint density at radius 2 is 2.04 bits per heavy atom. The number of rotatable bonds is 4. The lowest BCUT2D eigenvalue weighted by Crippen LogP contribution is -2.51. The number of fused-ring (bicyclic) bond motifs is 1. The van der Waals surface area contributed by atoms with Crippen LogP contribution >= 0.6 is 0 Å². The second kappa shape index (κ2) is 5.10. The molecule has 1 saturated carbocycles. The monoisotopic (exact) mass is 338 g/mol. The third-order valence-electron chi connectivity index (χ3n) is 4.47. The predicted octanol–water partition coefficient (Wildman–Crippen LogP) is 0.389. The Labute approximate surface area is 135 Å². The minimum absolute atomic E-state index is 0.240. The highest BCUT2D eigenvalue weighted by molar-refractivity contribution is 7.90. The lowest BCUT2D eigenvalue weighted by atomic mass is 10.00. The van der Waals surface area contributed by atoms with Crippen LogP contribution in [0, 0.1) is 0 Å². The highest BCUT2D eigenvalue weighted by Gasteiger charge is 2.46. The first-order valence-corrected chi connectivity index (χ1v) is 9.13. The zero-order chi connectivity index (χ0) is 17.0. The molecule has 23 heavy (non-hydrogen) atoms. The molecule has 8 heteroatoms. The van der Waals surface area contributed by atoms with Gasteiger partial charge in [0, 0.05) is 5.54 Å². The molecule has 1 N–H and O–H groups in total. The van der Waals surface area contributed by atoms with Crippen molar-refractivity contribution in [3.05, 3.63) is 23.8 Å². The average molecular weight is 338 g/mol. The van der Waals surface area contributed by atoms with Crippen molar-refractivity contribution in [3.63, 3.8) is 0 Å². The first kappa shape index (κ1) is 16.1. The molecule has 2 aliphatic carbocycles. The van der Waals surface area contributed by atoms with Crippen molar-refractivity contribution in [2.45, 2.75) is 37.5 Å². The van der Waals surface area contributed by atoms with Crippen LogP contribution in [-0.2, 0) is 14.8 Å². The van der Waals surface area contributed by atoms with Crippen molar-refractivity contribution < 1.29 is 22.6 Å². The maximum atomic E-state index is 12.5. The van der Waals surface area contributed by atoms with Crippen LogP contribution in [0.1, 0.15) is 26.7 Å². The van der Waals surface area contributed by atoms with Gasteiger partial charge in [0.1, 0.15) is 16.5 Å². The number of urea groups is 1. The summed E-state index contributed by atoms with van der Waals surface area (Å²) in [7, 11) is -2.04. The van der Waals surface area contributed by atoms with Crippen molar-refractivity contribution in [2.75, 3.05) is 13.6 Å². The van der Waals surface area contributed by atoms with Gasteiger partial charge in [-0.2, -0.15) is 14.3 Å². The standard InChI is InChI=1S/C15H20N3O4S/c1-4-18-13(19)11-9-10(5-6-12(11)17(3)14(18)20)23(21,22)16-15(2)7-8-15/h5-6,9-10,16H,4,7-8H2,1-3H3/q+1. The molecule has 0 radical (unpaired) electrons. The Bertz CT molecular complexity index is 788. The molecule has 124 valence electrons. The molecule has 1 heterocycles. The van der Waals surface area contributed by atoms with E-state index in [1.165, 1.54) is 22.8 Å². The second-order valence-electron chi connectivity index (χ2n) is 6.39. The van der Waals surface area contributed by atoms with Crippen LogP contribution in [0.25, 0.3) is 0 Å². The average Bonchev–Trinajstić information content (AvgIpc) is 3.21. The summed E-state index contributed by atoms with van der Waals surface area (Å²) < 4.78 is 29.1. The number of hydrogen-bond acceptors (Lipinski definition) is 4. The van der Waals surface area contributed by atoms with E-state index < -0.39 is 27.2 Å². The summed E-state index contributed by atoms with van der Waals surface area (Å²) in [4.78, 5) is 25.7. The van der Waals surface area contributed by atoms with Crippen LogP contribution in [0.3, 0.4) is 0 Å². The van der Waals surface area contributed by atoms with Gasteiger partial charge >= 0.3 is 11.9 Å². The lowest BCUT2D eigenvalue weighted by molar-refractivity contribution is -0.402. The number of hydrogen-bond donors (Lipinski definition) is 1. The fourth-order valence-corrected chi connectivity index (χ4v) is 4.37. The summed E-state index contributed by atoms with van der Waals surface area (Å²) >= 11 is 0. The fourth-order valence-electron chi connectivity index (χ4n) is 2.74. The molecule has 3 aliphatic rings. The summed E-state index contributed by atoms with van der Waals surface area (Å²) in [5, 5.41) is -0.914. The highest BCUT2D eigenvalue weighted by Crippen LogP contribution is 2.36. The molecule has 1 fully saturated rings. The summed E-state index contributed by atoms with van der Waals surface area (Å²) in [6.45, 7) is 3.81. The van der Waals surface area contributed by atoms with Gasteiger partial charge in [-0.3, -0.25) is 0 Å². The SMILES string of the molecule is CCN1C(=O)C2=CC(S(=O)(=O)NC3(C)CC3)C=CC2=[N+](C)C1=O. The molecule has 7 nitrogen and oxygen atoms in total. The molecule has 1 unspecified atom stereocenters. The molecule has 1 aliphatic heterocycles. The first-order valence-electron chi connectivity index (χ1n) is 7.58. The Balaban J connectivity index is 1.98. The van der Waals surface area contributed by atoms with Gasteiger partial charge in [0.2, 0.25) is 10.0 Å². The van der Waals surface area contributed by atoms with Crippen molar-refractivity contribution in [2.24, 2.45) is 0 Å². The summed E-state index contributed by atoms with van der Waals surface area (Å²) in [5.74, 6) is -0.451. The van der Waals surface area contributed by atoms with Crippen LogP contribution in [0.15, 0.2) is 23.8 Å². The minimum Gasteiger partial charge on any atom is -0.240 e. The molecule has 0 spiro atoms. The number of carbonyl (C=O) groups is 2. The number of carbonyl (C=O) groups excluding carboxylic acids is 2. The normalized spacial score (nSPS) is 26.3. The molecule has 0 aromatic heterocycles. The predicted molar refractivity (Wildman–Crippen MR) is 84.7 cm³/mol. The lowest BCUT2D eigenvalue weighted by Gasteiger charge is -2.24. The molecule has 0 saturated heterocycles. The molecule has 0 aromatic rings. The topological polar surface area (TPSA) is 86.6 Å². The van der Waals surface area contributed by atoms with Crippen molar-refractivity contribution in [1.29, 1.82) is 0 Å². The Kier molecular flexibility index (Phi) is 3.57. The Morgan fingerprint density at radius 3 is 2.61 bits per heavy atom. The molecule has 3 amide bonds. The number of nitrogens with zero attached hydrogens (tertiary/aromatic N) is 2. The molecule has 3 rings (SSSR count). The third kappa shape index (κ3) is 2.66. The third-order valence-corrected chi connectivity index (χ3v) is 6.26. The van der Waals surface area contributed by atoms with E-state index >= 15 is 0 Å². The number of imide groups is 1. The van der Waals surface area contributed by atoms with Crippen LogP contribution in [0.2, 0.25) is 0 Å². The maximum absolute atomic E-state index is 12.5. The van der Waals surface area contributed by atoms with E-state index in [4.69, 9.17) is 0 Å². The van der Waals surface area contributed by atoms with Gasteiger partial charge in [0.05, 0.1) is 13.6 Å². The Morgan fingerprint density at radius 1 is 1.39 bits per heavy atom. The Hall–Kier alpha value is -1.80. The van der Waals surface area contributed by atoms with E-state index in [0.717, 1.165) is 17.7 Å². The summed E-state index contributed by atoms with van der Waals surface area (Å²) in [6, 6.07) is -0.403. The van der Waals surface area contributed by atoms with Crippen LogP contribution in [0.4, 0.5) is 4.79 Å². The van der Waals surface area contributed by atoms with Crippen molar-refractivity contribution in [3.8, 4) is 0 Å². The fraction of sp³-hybridized carbons (Fsp3) is 0.533. The zero-order valence-corrected chi connectivity index (χ0v) is 14.2. The van der Waals surface area contributed by atoms with Crippen LogP contribution < -0.4 is 4.72 Å². The largest absolute Gasteiger partial charge is 0.501 e. The van der Waals surface area contributed by atoms with Gasteiger partial charge in [0.15, 0.2) is 0 Å². The molecule has 0 bridgehead atoms. The van der Waals surface area contributed by atoms with E-state index in [9.17, 15) is 18.0 Å². The summed E-state index contributed by atoms with van der Waals surface area (Å²) in [5.41, 5.74) is 0.329. The van der Waals surface area contributed by atoms with Gasteiger partial charge in [-0.05, 0) is 38.8 Å². The number of likely N-dealkylation sites (N-methyl/N-ethyl adjacent to an activating group) is 1. The number of amides is 3. The van der Waals surface area contributed by atoms with E-state index in [0.29, 0.717) is 5.71 Å². The van der Waals surface area contributed by atoms with Crippen LogP contribution in [0.5, 0.6) is 0 Å². The van der Waals surface area contributed by atoms with Gasteiger partial charge in [-0.1, -0.05) is 6.08 Å². The molecule has 0 aromatic carbocycles. The molecular formula is C15H20N3O4S+. The minimum atomic E-state index is -3.61. The van der Waals surface area contributed by atoms with E-state index in [1.807, 2.05) is 6.92 Å². The molecular weight excluding hydrogens is 318 g/mol. The second-order valence-corrected chi connectivity index (χ2v) is 8.23. The summed E-state index contributed by atoms with van der Waals surface area (Å²) in [6.07, 6.45) is 6.10. The van der Waals surface area contributed by atoms with E-state index in [-0.39, 0.29) is 17.7 Å². The zero-order valence-electron chi connectivity index (χ0n) is 13.4. The number of nitrogens with one attached hydrogen (secondary N) is 1. The molecule has 1 atom stereocenters. The number of sulfonamides is 1. The number of allylic oxidation sites excluding steroid dienone is 1.